The zero-order valence-electron chi connectivity index (χ0n) is 11.5. The van der Waals surface area contributed by atoms with Gasteiger partial charge in [-0.3, -0.25) is 0 Å². The highest BCUT2D eigenvalue weighted by molar-refractivity contribution is 6.31. The van der Waals surface area contributed by atoms with Crippen LogP contribution >= 0.6 is 23.2 Å². The second kappa shape index (κ2) is 5.96. The van der Waals surface area contributed by atoms with E-state index in [2.05, 4.69) is 9.55 Å². The summed E-state index contributed by atoms with van der Waals surface area (Å²) in [4.78, 5) is 4.55. The highest BCUT2D eigenvalue weighted by Crippen LogP contribution is 2.25. The van der Waals surface area contributed by atoms with E-state index in [1.807, 2.05) is 42.5 Å². The number of benzene rings is 2. The molecule has 0 unspecified atom stereocenters. The lowest BCUT2D eigenvalue weighted by Crippen LogP contribution is -2.05. The fourth-order valence-electron chi connectivity index (χ4n) is 2.44. The first kappa shape index (κ1) is 14.2. The molecule has 2 aromatic carbocycles. The van der Waals surface area contributed by atoms with Gasteiger partial charge in [-0.05, 0) is 24.3 Å². The van der Waals surface area contributed by atoms with Crippen LogP contribution in [0, 0.1) is 0 Å². The highest BCUT2D eigenvalue weighted by Gasteiger charge is 2.12. The molecule has 0 aliphatic carbocycles. The summed E-state index contributed by atoms with van der Waals surface area (Å²) in [6.45, 7) is 0.657. The number of para-hydroxylation sites is 1. The molecular weight excluding hydrogens is 307 g/mol. The minimum atomic E-state index is 0.349. The van der Waals surface area contributed by atoms with E-state index in [-0.39, 0.29) is 0 Å². The van der Waals surface area contributed by atoms with Crippen molar-refractivity contribution < 1.29 is 4.74 Å². The summed E-state index contributed by atoms with van der Waals surface area (Å²) in [5.74, 6) is 2.02. The van der Waals surface area contributed by atoms with Gasteiger partial charge < -0.3 is 9.30 Å². The third kappa shape index (κ3) is 2.71. The summed E-state index contributed by atoms with van der Waals surface area (Å²) in [7, 11) is 1.67. The Bertz CT molecular complexity index is 783. The van der Waals surface area contributed by atoms with Crippen LogP contribution in [0.2, 0.25) is 5.02 Å². The standard InChI is InChI=1S/C16H14Cl2N2O/c1-21-15-5-3-2-4-11(15)10-20-14-7-6-12(18)8-13(14)19-16(20)9-17/h2-8H,9-10H2,1H3. The molecule has 0 N–H and O–H groups in total. The van der Waals surface area contributed by atoms with Crippen LogP contribution in [0.15, 0.2) is 42.5 Å². The SMILES string of the molecule is COc1ccccc1Cn1c(CCl)nc2cc(Cl)ccc21. The number of methoxy groups -OCH3 is 1. The van der Waals surface area contributed by atoms with Gasteiger partial charge in [0.2, 0.25) is 0 Å². The number of imidazole rings is 1. The van der Waals surface area contributed by atoms with E-state index in [0.29, 0.717) is 17.4 Å². The Balaban J connectivity index is 2.11. The van der Waals surface area contributed by atoms with Crippen LogP contribution in [0.25, 0.3) is 11.0 Å². The molecular formula is C16H14Cl2N2O. The fraction of sp³-hybridized carbons (Fsp3) is 0.188. The van der Waals surface area contributed by atoms with Crippen molar-refractivity contribution >= 4 is 34.2 Å². The summed E-state index contributed by atoms with van der Waals surface area (Å²) in [6.07, 6.45) is 0. The van der Waals surface area contributed by atoms with Crippen molar-refractivity contribution in [1.82, 2.24) is 9.55 Å². The number of nitrogens with zero attached hydrogens (tertiary/aromatic N) is 2. The minimum absolute atomic E-state index is 0.349. The predicted molar refractivity (Wildman–Crippen MR) is 86.4 cm³/mol. The molecule has 0 aliphatic rings. The smallest absolute Gasteiger partial charge is 0.125 e. The van der Waals surface area contributed by atoms with Gasteiger partial charge in [0, 0.05) is 10.6 Å². The molecule has 108 valence electrons. The molecule has 1 aromatic heterocycles. The molecule has 3 aromatic rings. The molecule has 0 saturated carbocycles. The Kier molecular flexibility index (Phi) is 4.04. The van der Waals surface area contributed by atoms with E-state index >= 15 is 0 Å². The lowest BCUT2D eigenvalue weighted by Gasteiger charge is -2.11. The van der Waals surface area contributed by atoms with Crippen molar-refractivity contribution in [3.63, 3.8) is 0 Å². The van der Waals surface area contributed by atoms with Crippen LogP contribution in [0.1, 0.15) is 11.4 Å². The third-order valence-electron chi connectivity index (χ3n) is 3.43. The van der Waals surface area contributed by atoms with E-state index < -0.39 is 0 Å². The maximum Gasteiger partial charge on any atom is 0.125 e. The number of hydrogen-bond acceptors (Lipinski definition) is 2. The predicted octanol–water partition coefficient (Wildman–Crippen LogP) is 4.49. The van der Waals surface area contributed by atoms with Crippen LogP contribution in [0.3, 0.4) is 0 Å². The van der Waals surface area contributed by atoms with Crippen LogP contribution < -0.4 is 4.74 Å². The van der Waals surface area contributed by atoms with Crippen molar-refractivity contribution in [2.45, 2.75) is 12.4 Å². The van der Waals surface area contributed by atoms with Crippen LogP contribution in [-0.2, 0) is 12.4 Å². The normalized spacial score (nSPS) is 11.0. The van der Waals surface area contributed by atoms with Gasteiger partial charge in [0.25, 0.3) is 0 Å². The third-order valence-corrected chi connectivity index (χ3v) is 3.90. The first-order valence-electron chi connectivity index (χ1n) is 6.55. The number of aromatic nitrogens is 2. The number of hydrogen-bond donors (Lipinski definition) is 0. The summed E-state index contributed by atoms with van der Waals surface area (Å²) < 4.78 is 7.50. The van der Waals surface area contributed by atoms with Gasteiger partial charge in [0.15, 0.2) is 0 Å². The molecule has 3 nitrogen and oxygen atoms in total. The first-order valence-corrected chi connectivity index (χ1v) is 7.46. The molecule has 0 radical (unpaired) electrons. The van der Waals surface area contributed by atoms with Crippen LogP contribution in [0.5, 0.6) is 5.75 Å². The fourth-order valence-corrected chi connectivity index (χ4v) is 2.81. The average Bonchev–Trinajstić information content (AvgIpc) is 2.84. The van der Waals surface area contributed by atoms with E-state index in [1.54, 1.807) is 7.11 Å². The zero-order chi connectivity index (χ0) is 14.8. The maximum absolute atomic E-state index is 6.04. The first-order chi connectivity index (χ1) is 10.2. The second-order valence-electron chi connectivity index (χ2n) is 4.69. The van der Waals surface area contributed by atoms with E-state index in [4.69, 9.17) is 27.9 Å². The van der Waals surface area contributed by atoms with Crippen molar-refractivity contribution in [3.8, 4) is 5.75 Å². The summed E-state index contributed by atoms with van der Waals surface area (Å²) in [5, 5.41) is 0.672. The van der Waals surface area contributed by atoms with Crippen LogP contribution in [-0.4, -0.2) is 16.7 Å². The number of rotatable bonds is 4. The number of ether oxygens (including phenoxy) is 1. The molecule has 0 fully saturated rings. The molecule has 0 bridgehead atoms. The van der Waals surface area contributed by atoms with Gasteiger partial charge in [-0.2, -0.15) is 0 Å². The highest BCUT2D eigenvalue weighted by atomic mass is 35.5. The molecule has 0 spiro atoms. The van der Waals surface area contributed by atoms with E-state index in [1.165, 1.54) is 0 Å². The molecule has 21 heavy (non-hydrogen) atoms. The molecule has 3 rings (SSSR count). The zero-order valence-corrected chi connectivity index (χ0v) is 13.0. The minimum Gasteiger partial charge on any atom is -0.496 e. The Morgan fingerprint density at radius 2 is 2.00 bits per heavy atom. The summed E-state index contributed by atoms with van der Waals surface area (Å²) in [6, 6.07) is 13.6. The van der Waals surface area contributed by atoms with Crippen molar-refractivity contribution in [1.29, 1.82) is 0 Å². The largest absolute Gasteiger partial charge is 0.496 e. The van der Waals surface area contributed by atoms with Crippen molar-refractivity contribution in [2.75, 3.05) is 7.11 Å². The Labute approximate surface area is 133 Å². The molecule has 0 atom stereocenters. The lowest BCUT2D eigenvalue weighted by atomic mass is 10.2. The maximum atomic E-state index is 6.04. The van der Waals surface area contributed by atoms with E-state index in [9.17, 15) is 0 Å². The molecule has 5 heteroatoms. The van der Waals surface area contributed by atoms with Crippen molar-refractivity contribution in [3.05, 3.63) is 58.9 Å². The number of fused-ring (bicyclic) bond motifs is 1. The molecule has 0 saturated heterocycles. The molecule has 1 heterocycles. The van der Waals surface area contributed by atoms with Gasteiger partial charge in [0.05, 0.1) is 30.6 Å². The summed E-state index contributed by atoms with van der Waals surface area (Å²) in [5.41, 5.74) is 2.95. The van der Waals surface area contributed by atoms with Gasteiger partial charge in [-0.25, -0.2) is 4.98 Å². The van der Waals surface area contributed by atoms with Crippen molar-refractivity contribution in [2.24, 2.45) is 0 Å². The van der Waals surface area contributed by atoms with Gasteiger partial charge in [-0.1, -0.05) is 29.8 Å². The molecule has 0 amide bonds. The van der Waals surface area contributed by atoms with E-state index in [0.717, 1.165) is 28.2 Å². The Morgan fingerprint density at radius 3 is 2.76 bits per heavy atom. The average molecular weight is 321 g/mol. The quantitative estimate of drug-likeness (QED) is 0.662. The van der Waals surface area contributed by atoms with Crippen LogP contribution in [0.4, 0.5) is 0 Å². The Hall–Kier alpha value is -1.71. The Morgan fingerprint density at radius 1 is 1.19 bits per heavy atom. The number of alkyl halides is 1. The van der Waals surface area contributed by atoms with Gasteiger partial charge in [-0.15, -0.1) is 11.6 Å². The monoisotopic (exact) mass is 320 g/mol. The van der Waals surface area contributed by atoms with Gasteiger partial charge >= 0.3 is 0 Å². The summed E-state index contributed by atoms with van der Waals surface area (Å²) >= 11 is 12.1. The topological polar surface area (TPSA) is 27.1 Å². The second-order valence-corrected chi connectivity index (χ2v) is 5.40. The van der Waals surface area contributed by atoms with Gasteiger partial charge in [0.1, 0.15) is 11.6 Å². The molecule has 0 aliphatic heterocycles. The lowest BCUT2D eigenvalue weighted by molar-refractivity contribution is 0.408. The number of halogens is 2.